The van der Waals surface area contributed by atoms with Crippen molar-refractivity contribution in [3.63, 3.8) is 0 Å². The van der Waals surface area contributed by atoms with E-state index in [1.54, 1.807) is 0 Å². The van der Waals surface area contributed by atoms with Crippen LogP contribution in [0.15, 0.2) is 134 Å². The van der Waals surface area contributed by atoms with Crippen LogP contribution in [0.4, 0.5) is 0 Å². The molecule has 3 heterocycles. The van der Waals surface area contributed by atoms with Crippen molar-refractivity contribution in [2.75, 3.05) is 0 Å². The predicted molar refractivity (Wildman–Crippen MR) is 166 cm³/mol. The number of rotatable bonds is 2. The molecule has 9 aromatic rings. The minimum atomic E-state index is 0.681. The number of aromatic nitrogens is 4. The van der Waals surface area contributed by atoms with Crippen molar-refractivity contribution in [3.05, 3.63) is 134 Å². The van der Waals surface area contributed by atoms with Crippen LogP contribution in [-0.4, -0.2) is 19.1 Å². The lowest BCUT2D eigenvalue weighted by Gasteiger charge is -2.11. The average molecular weight is 511 g/mol. The maximum atomic E-state index is 5.01. The van der Waals surface area contributed by atoms with Crippen LogP contribution in [0.5, 0.6) is 0 Å². The number of hydrogen-bond donors (Lipinski definition) is 0. The molecule has 0 saturated heterocycles. The molecule has 0 fully saturated rings. The lowest BCUT2D eigenvalue weighted by Crippen LogP contribution is -2.00. The Bertz CT molecular complexity index is 2430. The molecule has 0 aliphatic heterocycles. The normalized spacial score (nSPS) is 12.0. The van der Waals surface area contributed by atoms with Gasteiger partial charge in [0.25, 0.3) is 0 Å². The van der Waals surface area contributed by atoms with Gasteiger partial charge in [-0.05, 0) is 41.8 Å². The topological polar surface area (TPSA) is 35.6 Å². The maximum Gasteiger partial charge on any atom is 0.235 e. The molecular weight excluding hydrogens is 488 g/mol. The highest BCUT2D eigenvalue weighted by Crippen LogP contribution is 2.43. The molecule has 40 heavy (non-hydrogen) atoms. The molecule has 3 aromatic heterocycles. The van der Waals surface area contributed by atoms with Gasteiger partial charge in [0.05, 0.1) is 27.6 Å². The largest absolute Gasteiger partial charge is 0.309 e. The van der Waals surface area contributed by atoms with Crippen molar-refractivity contribution in [1.29, 1.82) is 0 Å². The van der Waals surface area contributed by atoms with Crippen LogP contribution < -0.4 is 0 Å². The van der Waals surface area contributed by atoms with E-state index in [-0.39, 0.29) is 0 Å². The van der Waals surface area contributed by atoms with Gasteiger partial charge in [-0.2, -0.15) is 0 Å². The highest BCUT2D eigenvalue weighted by molar-refractivity contribution is 6.30. The number of nitrogens with zero attached hydrogens (tertiary/aromatic N) is 4. The SMILES string of the molecule is c1ccc(-n2c3ccccc3c3ccc4ccc5c(c6ccccc6n5-c5ncc6ccccc6n5)c4c32)cc1. The van der Waals surface area contributed by atoms with E-state index in [2.05, 4.69) is 118 Å². The van der Waals surface area contributed by atoms with Gasteiger partial charge < -0.3 is 4.57 Å². The Balaban J connectivity index is 1.52. The van der Waals surface area contributed by atoms with E-state index in [4.69, 9.17) is 9.97 Å². The van der Waals surface area contributed by atoms with Crippen LogP contribution in [0.1, 0.15) is 0 Å². The van der Waals surface area contributed by atoms with Crippen molar-refractivity contribution in [1.82, 2.24) is 19.1 Å². The molecule has 4 heteroatoms. The van der Waals surface area contributed by atoms with E-state index < -0.39 is 0 Å². The molecule has 0 spiro atoms. The Morgan fingerprint density at radius 1 is 0.450 bits per heavy atom. The van der Waals surface area contributed by atoms with E-state index in [1.807, 2.05) is 24.4 Å². The van der Waals surface area contributed by atoms with E-state index in [0.717, 1.165) is 27.6 Å². The van der Waals surface area contributed by atoms with E-state index in [0.29, 0.717) is 5.95 Å². The fourth-order valence-corrected chi connectivity index (χ4v) is 6.45. The third kappa shape index (κ3) is 2.85. The standard InChI is InChI=1S/C36H22N4/c1-2-11-25(12-3-1)39-30-16-8-5-13-26(30)27-20-18-23-19-21-32-34(33(23)35(27)39)28-14-6-9-17-31(28)40(32)36-37-22-24-10-4-7-15-29(24)38-36/h1-22H. The molecule has 0 saturated carbocycles. The van der Waals surface area contributed by atoms with Crippen molar-refractivity contribution in [2.24, 2.45) is 0 Å². The summed E-state index contributed by atoms with van der Waals surface area (Å²) in [6.45, 7) is 0. The van der Waals surface area contributed by atoms with Gasteiger partial charge in [-0.3, -0.25) is 4.57 Å². The highest BCUT2D eigenvalue weighted by Gasteiger charge is 2.21. The van der Waals surface area contributed by atoms with Gasteiger partial charge in [0.2, 0.25) is 5.95 Å². The summed E-state index contributed by atoms with van der Waals surface area (Å²) in [5, 5.41) is 8.40. The average Bonchev–Trinajstić information content (AvgIpc) is 3.54. The molecule has 6 aromatic carbocycles. The van der Waals surface area contributed by atoms with E-state index >= 15 is 0 Å². The van der Waals surface area contributed by atoms with Gasteiger partial charge in [0, 0.05) is 44.2 Å². The summed E-state index contributed by atoms with van der Waals surface area (Å²) >= 11 is 0. The zero-order valence-corrected chi connectivity index (χ0v) is 21.5. The van der Waals surface area contributed by atoms with Gasteiger partial charge in [0.1, 0.15) is 0 Å². The minimum Gasteiger partial charge on any atom is -0.309 e. The predicted octanol–water partition coefficient (Wildman–Crippen LogP) is 8.98. The summed E-state index contributed by atoms with van der Waals surface area (Å²) in [6.07, 6.45) is 1.92. The van der Waals surface area contributed by atoms with Crippen LogP contribution in [0.2, 0.25) is 0 Å². The summed E-state index contributed by atoms with van der Waals surface area (Å²) in [6, 6.07) is 45.1. The minimum absolute atomic E-state index is 0.681. The molecule has 0 bridgehead atoms. The quantitative estimate of drug-likeness (QED) is 0.233. The van der Waals surface area contributed by atoms with Crippen molar-refractivity contribution < 1.29 is 0 Å². The zero-order chi connectivity index (χ0) is 26.2. The summed E-state index contributed by atoms with van der Waals surface area (Å²) in [7, 11) is 0. The Kier molecular flexibility index (Phi) is 4.30. The fourth-order valence-electron chi connectivity index (χ4n) is 6.45. The number of benzene rings is 6. The number of para-hydroxylation sites is 4. The lowest BCUT2D eigenvalue weighted by molar-refractivity contribution is 1.01. The molecule has 0 amide bonds. The van der Waals surface area contributed by atoms with Crippen LogP contribution >= 0.6 is 0 Å². The van der Waals surface area contributed by atoms with Crippen LogP contribution in [-0.2, 0) is 0 Å². The van der Waals surface area contributed by atoms with Crippen molar-refractivity contribution in [2.45, 2.75) is 0 Å². The van der Waals surface area contributed by atoms with Gasteiger partial charge in [-0.1, -0.05) is 91.0 Å². The Hall–Kier alpha value is -5.48. The first-order valence-corrected chi connectivity index (χ1v) is 13.5. The van der Waals surface area contributed by atoms with Crippen LogP contribution in [0, 0.1) is 0 Å². The summed E-state index contributed by atoms with van der Waals surface area (Å²) in [5.74, 6) is 0.681. The molecule has 0 radical (unpaired) electrons. The van der Waals surface area contributed by atoms with E-state index in [9.17, 15) is 0 Å². The summed E-state index contributed by atoms with van der Waals surface area (Å²) in [5.41, 5.74) is 6.71. The first kappa shape index (κ1) is 21.5. The fraction of sp³-hybridized carbons (Fsp3) is 0. The van der Waals surface area contributed by atoms with Gasteiger partial charge in [-0.15, -0.1) is 0 Å². The van der Waals surface area contributed by atoms with Crippen LogP contribution in [0.3, 0.4) is 0 Å². The summed E-state index contributed by atoms with van der Waals surface area (Å²) < 4.78 is 4.63. The Labute approximate surface area is 229 Å². The zero-order valence-electron chi connectivity index (χ0n) is 21.5. The molecule has 186 valence electrons. The van der Waals surface area contributed by atoms with Gasteiger partial charge in [-0.25, -0.2) is 9.97 Å². The Morgan fingerprint density at radius 3 is 2.02 bits per heavy atom. The second-order valence-corrected chi connectivity index (χ2v) is 10.3. The Morgan fingerprint density at radius 2 is 1.15 bits per heavy atom. The number of hydrogen-bond acceptors (Lipinski definition) is 2. The smallest absolute Gasteiger partial charge is 0.235 e. The second kappa shape index (κ2) is 8.01. The monoisotopic (exact) mass is 510 g/mol. The van der Waals surface area contributed by atoms with Crippen LogP contribution in [0.25, 0.3) is 76.9 Å². The molecule has 9 rings (SSSR count). The van der Waals surface area contributed by atoms with Gasteiger partial charge in [0.15, 0.2) is 0 Å². The molecular formula is C36H22N4. The van der Waals surface area contributed by atoms with Crippen molar-refractivity contribution in [3.8, 4) is 11.6 Å². The third-order valence-corrected chi connectivity index (χ3v) is 8.14. The molecule has 0 N–H and O–H groups in total. The van der Waals surface area contributed by atoms with Gasteiger partial charge >= 0.3 is 0 Å². The first-order valence-electron chi connectivity index (χ1n) is 13.5. The van der Waals surface area contributed by atoms with Crippen molar-refractivity contribution >= 4 is 65.3 Å². The number of fused-ring (bicyclic) bond motifs is 10. The van der Waals surface area contributed by atoms with E-state index in [1.165, 1.54) is 43.4 Å². The third-order valence-electron chi connectivity index (χ3n) is 8.14. The summed E-state index contributed by atoms with van der Waals surface area (Å²) in [4.78, 5) is 9.85. The highest BCUT2D eigenvalue weighted by atomic mass is 15.2. The molecule has 0 aliphatic carbocycles. The maximum absolute atomic E-state index is 5.01. The molecule has 0 aliphatic rings. The second-order valence-electron chi connectivity index (χ2n) is 10.3. The first-order chi connectivity index (χ1) is 19.9. The molecule has 0 atom stereocenters. The lowest BCUT2D eigenvalue weighted by atomic mass is 10.0. The molecule has 4 nitrogen and oxygen atoms in total. The molecule has 0 unspecified atom stereocenters.